The topological polar surface area (TPSA) is 38.5 Å². The van der Waals surface area contributed by atoms with Crippen LogP contribution in [0.3, 0.4) is 0 Å². The van der Waals surface area contributed by atoms with Crippen molar-refractivity contribution in [2.24, 2.45) is 17.1 Å². The maximum atomic E-state index is 6.83. The second kappa shape index (κ2) is 5.34. The molecule has 3 nitrogen and oxygen atoms in total. The van der Waals surface area contributed by atoms with Crippen molar-refractivity contribution in [1.82, 2.24) is 4.90 Å². The van der Waals surface area contributed by atoms with Crippen LogP contribution in [0, 0.1) is 11.3 Å². The largest absolute Gasteiger partial charge is 0.377 e. The van der Waals surface area contributed by atoms with Crippen molar-refractivity contribution in [3.63, 3.8) is 0 Å². The van der Waals surface area contributed by atoms with Crippen molar-refractivity contribution >= 4 is 15.9 Å². The molecule has 21 heavy (non-hydrogen) atoms. The van der Waals surface area contributed by atoms with Crippen LogP contribution in [0.4, 0.5) is 0 Å². The van der Waals surface area contributed by atoms with Crippen LogP contribution in [-0.4, -0.2) is 36.7 Å². The number of likely N-dealkylation sites (N-methyl/N-ethyl adjacent to an activating group) is 1. The number of hydrogen-bond acceptors (Lipinski definition) is 3. The summed E-state index contributed by atoms with van der Waals surface area (Å²) < 4.78 is 7.04. The van der Waals surface area contributed by atoms with Gasteiger partial charge in [0.15, 0.2) is 0 Å². The van der Waals surface area contributed by atoms with Gasteiger partial charge in [0.25, 0.3) is 0 Å². The highest BCUT2D eigenvalue weighted by Crippen LogP contribution is 2.58. The van der Waals surface area contributed by atoms with Crippen LogP contribution in [0.15, 0.2) is 28.7 Å². The molecule has 1 aromatic rings. The van der Waals surface area contributed by atoms with Crippen LogP contribution in [0.5, 0.6) is 0 Å². The average molecular weight is 353 g/mol. The van der Waals surface area contributed by atoms with Gasteiger partial charge >= 0.3 is 0 Å². The summed E-state index contributed by atoms with van der Waals surface area (Å²) in [5, 5.41) is 0. The lowest BCUT2D eigenvalue weighted by atomic mass is 9.48. The number of halogens is 1. The van der Waals surface area contributed by atoms with Crippen LogP contribution < -0.4 is 5.73 Å². The highest BCUT2D eigenvalue weighted by atomic mass is 79.9. The monoisotopic (exact) mass is 352 g/mol. The van der Waals surface area contributed by atoms with E-state index >= 15 is 0 Å². The summed E-state index contributed by atoms with van der Waals surface area (Å²) in [5.74, 6) is 0.508. The van der Waals surface area contributed by atoms with Gasteiger partial charge in [0, 0.05) is 41.0 Å². The van der Waals surface area contributed by atoms with Gasteiger partial charge in [-0.3, -0.25) is 0 Å². The number of fused-ring (bicyclic) bond motifs is 1. The van der Waals surface area contributed by atoms with E-state index in [2.05, 4.69) is 59.9 Å². The lowest BCUT2D eigenvalue weighted by molar-refractivity contribution is -0.162. The molecule has 3 rings (SSSR count). The first-order chi connectivity index (χ1) is 9.86. The van der Waals surface area contributed by atoms with Gasteiger partial charge in [0.1, 0.15) is 0 Å². The van der Waals surface area contributed by atoms with Crippen molar-refractivity contribution < 1.29 is 4.74 Å². The molecule has 1 aliphatic carbocycles. The Morgan fingerprint density at radius 2 is 2.10 bits per heavy atom. The molecule has 1 saturated heterocycles. The summed E-state index contributed by atoms with van der Waals surface area (Å²) in [7, 11) is 2.16. The molecule has 1 heterocycles. The normalized spacial score (nSPS) is 33.8. The Kier molecular flexibility index (Phi) is 3.93. The Balaban J connectivity index is 1.70. The van der Waals surface area contributed by atoms with Crippen LogP contribution in [0.1, 0.15) is 25.8 Å². The summed E-state index contributed by atoms with van der Waals surface area (Å²) in [5.41, 5.74) is 8.03. The molecule has 116 valence electrons. The fourth-order valence-corrected chi connectivity index (χ4v) is 4.63. The maximum Gasteiger partial charge on any atom is 0.0691 e. The second-order valence-electron chi connectivity index (χ2n) is 7.21. The zero-order valence-electron chi connectivity index (χ0n) is 13.1. The zero-order chi connectivity index (χ0) is 15.3. The summed E-state index contributed by atoms with van der Waals surface area (Å²) in [6.45, 7) is 7.20. The molecule has 0 spiro atoms. The van der Waals surface area contributed by atoms with Gasteiger partial charge in [-0.25, -0.2) is 0 Å². The van der Waals surface area contributed by atoms with Crippen LogP contribution in [-0.2, 0) is 11.3 Å². The van der Waals surface area contributed by atoms with Gasteiger partial charge in [-0.1, -0.05) is 48.0 Å². The third-order valence-electron chi connectivity index (χ3n) is 5.59. The molecule has 1 aromatic carbocycles. The summed E-state index contributed by atoms with van der Waals surface area (Å²) >= 11 is 3.63. The summed E-state index contributed by atoms with van der Waals surface area (Å²) in [4.78, 5) is 2.34. The first kappa shape index (κ1) is 15.5. The van der Waals surface area contributed by atoms with Crippen LogP contribution in [0.25, 0.3) is 0 Å². The Labute approximate surface area is 136 Å². The highest BCUT2D eigenvalue weighted by molar-refractivity contribution is 9.10. The Morgan fingerprint density at radius 3 is 2.81 bits per heavy atom. The average Bonchev–Trinajstić information content (AvgIpc) is 2.89. The zero-order valence-corrected chi connectivity index (χ0v) is 14.7. The number of nitrogens with zero attached hydrogens (tertiary/aromatic N) is 1. The predicted octanol–water partition coefficient (Wildman–Crippen LogP) is 3.02. The number of hydrogen-bond donors (Lipinski definition) is 1. The Hall–Kier alpha value is -0.420. The number of ether oxygens (including phenoxy) is 1. The third kappa shape index (κ3) is 2.37. The molecule has 0 bridgehead atoms. The first-order valence-corrected chi connectivity index (χ1v) is 8.48. The standard InChI is InChI=1S/C17H25BrN2O/c1-16(2)15-13(8-9-21-15)17(16,19)11-20(3)10-12-6-4-5-7-14(12)18/h4-7,13,15H,8-11,19H2,1-3H3. The van der Waals surface area contributed by atoms with E-state index in [1.807, 2.05) is 6.07 Å². The molecule has 2 N–H and O–H groups in total. The molecule has 0 radical (unpaired) electrons. The second-order valence-corrected chi connectivity index (χ2v) is 8.07. The molecule has 2 aliphatic rings. The van der Waals surface area contributed by atoms with Crippen molar-refractivity contribution in [2.45, 2.75) is 38.5 Å². The minimum Gasteiger partial charge on any atom is -0.377 e. The van der Waals surface area contributed by atoms with Crippen LogP contribution in [0.2, 0.25) is 0 Å². The molecule has 1 saturated carbocycles. The summed E-state index contributed by atoms with van der Waals surface area (Å²) in [6.07, 6.45) is 1.45. The van der Waals surface area contributed by atoms with Crippen LogP contribution >= 0.6 is 15.9 Å². The quantitative estimate of drug-likeness (QED) is 0.904. The van der Waals surface area contributed by atoms with Gasteiger partial charge in [0.05, 0.1) is 6.10 Å². The fourth-order valence-electron chi connectivity index (χ4n) is 4.22. The Morgan fingerprint density at radius 1 is 1.38 bits per heavy atom. The van der Waals surface area contributed by atoms with Crippen molar-refractivity contribution in [3.8, 4) is 0 Å². The van der Waals surface area contributed by atoms with Gasteiger partial charge in [-0.05, 0) is 25.1 Å². The lowest BCUT2D eigenvalue weighted by Crippen LogP contribution is -2.77. The molecule has 1 aliphatic heterocycles. The number of rotatable bonds is 4. The SMILES string of the molecule is CN(Cc1ccccc1Br)CC1(N)C2CCOC2C1(C)C. The predicted molar refractivity (Wildman–Crippen MR) is 89.0 cm³/mol. The Bertz CT molecular complexity index is 533. The minimum absolute atomic E-state index is 0.0519. The number of nitrogens with two attached hydrogens (primary N) is 1. The van der Waals surface area contributed by atoms with E-state index in [0.29, 0.717) is 12.0 Å². The molecule has 2 fully saturated rings. The third-order valence-corrected chi connectivity index (χ3v) is 6.37. The minimum atomic E-state index is -0.149. The molecule has 0 aromatic heterocycles. The summed E-state index contributed by atoms with van der Waals surface area (Å²) in [6, 6.07) is 8.39. The van der Waals surface area contributed by atoms with Gasteiger partial charge in [0.2, 0.25) is 0 Å². The van der Waals surface area contributed by atoms with Crippen molar-refractivity contribution in [1.29, 1.82) is 0 Å². The number of benzene rings is 1. The molecule has 3 atom stereocenters. The van der Waals surface area contributed by atoms with E-state index in [4.69, 9.17) is 10.5 Å². The van der Waals surface area contributed by atoms with E-state index in [-0.39, 0.29) is 11.0 Å². The van der Waals surface area contributed by atoms with E-state index in [1.54, 1.807) is 0 Å². The van der Waals surface area contributed by atoms with E-state index in [1.165, 1.54) is 5.56 Å². The fraction of sp³-hybridized carbons (Fsp3) is 0.647. The lowest BCUT2D eigenvalue weighted by Gasteiger charge is -2.63. The first-order valence-electron chi connectivity index (χ1n) is 7.69. The smallest absolute Gasteiger partial charge is 0.0691 e. The van der Waals surface area contributed by atoms with E-state index in [0.717, 1.165) is 30.6 Å². The van der Waals surface area contributed by atoms with Gasteiger partial charge in [-0.15, -0.1) is 0 Å². The van der Waals surface area contributed by atoms with E-state index < -0.39 is 0 Å². The molecular formula is C17H25BrN2O. The molecule has 3 unspecified atom stereocenters. The molecular weight excluding hydrogens is 328 g/mol. The molecule has 4 heteroatoms. The van der Waals surface area contributed by atoms with E-state index in [9.17, 15) is 0 Å². The maximum absolute atomic E-state index is 6.83. The highest BCUT2D eigenvalue weighted by Gasteiger charge is 2.67. The van der Waals surface area contributed by atoms with Crippen molar-refractivity contribution in [3.05, 3.63) is 34.3 Å². The van der Waals surface area contributed by atoms with Gasteiger partial charge < -0.3 is 15.4 Å². The van der Waals surface area contributed by atoms with Crippen molar-refractivity contribution in [2.75, 3.05) is 20.2 Å². The van der Waals surface area contributed by atoms with Gasteiger partial charge in [-0.2, -0.15) is 0 Å². The molecule has 0 amide bonds.